The van der Waals surface area contributed by atoms with E-state index in [9.17, 15) is 33.7 Å². The molecule has 2 saturated heterocycles. The van der Waals surface area contributed by atoms with Crippen LogP contribution in [0.15, 0.2) is 54.0 Å². The predicted molar refractivity (Wildman–Crippen MR) is 229 cm³/mol. The molecule has 0 radical (unpaired) electrons. The average Bonchev–Trinajstić information content (AvgIpc) is 3.92. The van der Waals surface area contributed by atoms with Crippen LogP contribution in [-0.4, -0.2) is 113 Å². The highest BCUT2D eigenvalue weighted by molar-refractivity contribution is 8.44. The van der Waals surface area contributed by atoms with Crippen LogP contribution in [0.1, 0.15) is 55.8 Å². The van der Waals surface area contributed by atoms with E-state index >= 15 is 0 Å². The number of aliphatic hydroxyl groups is 1. The third kappa shape index (κ3) is 11.2. The molecule has 2 aliphatic heterocycles. The van der Waals surface area contributed by atoms with Crippen LogP contribution in [0.25, 0.3) is 11.2 Å². The highest BCUT2D eigenvalue weighted by Gasteiger charge is 2.51. The summed E-state index contributed by atoms with van der Waals surface area (Å²) in [5.74, 6) is -2.39. The van der Waals surface area contributed by atoms with E-state index in [1.54, 1.807) is 38.1 Å². The molecule has 4 aromatic rings. The van der Waals surface area contributed by atoms with Crippen molar-refractivity contribution in [3.63, 3.8) is 0 Å². The number of carbonyl (C=O) groups is 3. The zero-order chi connectivity index (χ0) is 45.2. The molecule has 2 bridgehead atoms. The van der Waals surface area contributed by atoms with Crippen molar-refractivity contribution in [3.8, 4) is 5.88 Å². The Bertz CT molecular complexity index is 2490. The molecule has 11 atom stereocenters. The van der Waals surface area contributed by atoms with Gasteiger partial charge in [-0.25, -0.2) is 19.5 Å². The summed E-state index contributed by atoms with van der Waals surface area (Å²) in [6.07, 6.45) is -2.46. The number of fused-ring (bicyclic) bond motifs is 4. The Morgan fingerprint density at radius 3 is 2.62 bits per heavy atom. The number of nitrogens with two attached hydrogens (primary N) is 1. The van der Waals surface area contributed by atoms with Gasteiger partial charge in [0.25, 0.3) is 11.5 Å². The molecule has 1 aliphatic carbocycles. The standard InChI is InChI=1S/C36H46N10O13P2S2/c1-17(2)26(37)33(50)42-18(3)31(48)39-12-19-6-4-5-7-22(19)32(49)44-36-43-30-27(34(51)45-36)41-16-46(30)35-29-28(47)24(57-35)14-55-60(52,62)58-23-11-21(56-25-8-9-38-15-40-25)10-20(23)13-54-61(53,63)59-29/h4-9,15-18,20-21,23-24,26,28-29,35,47H,10-14,37H2,1-3H3,(H,39,48)(H,42,50)(H,52,62)(H,53,63)(H2,43,44,45,49,51)/t18-,20+,21+,23-,24+,26-,28+,29+,35+,60?,61?/m0/s1. The fourth-order valence-electron chi connectivity index (χ4n) is 7.15. The van der Waals surface area contributed by atoms with Gasteiger partial charge in [-0.1, -0.05) is 44.3 Å². The Morgan fingerprint density at radius 1 is 1.10 bits per heavy atom. The Balaban J connectivity index is 1.08. The minimum Gasteiger partial charge on any atom is -0.474 e. The van der Waals surface area contributed by atoms with Crippen LogP contribution in [0.5, 0.6) is 5.88 Å². The third-order valence-electron chi connectivity index (χ3n) is 10.5. The van der Waals surface area contributed by atoms with Gasteiger partial charge in [0.05, 0.1) is 31.7 Å². The number of hydrogen-bond acceptors (Lipinski definition) is 18. The Hall–Kier alpha value is -4.23. The maximum Gasteiger partial charge on any atom is 0.386 e. The molecule has 63 heavy (non-hydrogen) atoms. The molecule has 340 valence electrons. The van der Waals surface area contributed by atoms with Crippen LogP contribution in [0, 0.1) is 11.8 Å². The van der Waals surface area contributed by atoms with Crippen LogP contribution in [0.3, 0.4) is 0 Å². The van der Waals surface area contributed by atoms with Crippen LogP contribution >= 0.6 is 25.8 Å². The number of nitrogens with zero attached hydrogens (tertiary/aromatic N) is 5. The summed E-state index contributed by atoms with van der Waals surface area (Å²) in [7, 11) is 0. The Morgan fingerprint density at radius 2 is 1.87 bits per heavy atom. The van der Waals surface area contributed by atoms with Gasteiger partial charge >= 0.3 is 13.5 Å². The van der Waals surface area contributed by atoms with Crippen molar-refractivity contribution in [2.24, 2.45) is 17.6 Å². The van der Waals surface area contributed by atoms with Crippen LogP contribution in [-0.2, 0) is 55.3 Å². The normalized spacial score (nSPS) is 29.7. The van der Waals surface area contributed by atoms with E-state index in [2.05, 4.69) is 53.1 Å². The topological polar surface area (TPSA) is 316 Å². The number of ether oxygens (including phenoxy) is 2. The van der Waals surface area contributed by atoms with Crippen molar-refractivity contribution in [1.29, 1.82) is 0 Å². The van der Waals surface area contributed by atoms with Crippen LogP contribution in [0.4, 0.5) is 5.95 Å². The van der Waals surface area contributed by atoms with E-state index in [1.165, 1.54) is 36.4 Å². The Kier molecular flexibility index (Phi) is 14.5. The fraction of sp³-hybridized carbons (Fsp3) is 0.500. The van der Waals surface area contributed by atoms with Gasteiger partial charge in [-0.2, -0.15) is 4.98 Å². The number of amides is 3. The number of nitrogens with one attached hydrogen (secondary N) is 4. The predicted octanol–water partition coefficient (Wildman–Crippen LogP) is 1.45. The van der Waals surface area contributed by atoms with E-state index in [-0.39, 0.29) is 48.2 Å². The molecule has 23 nitrogen and oxygen atoms in total. The lowest BCUT2D eigenvalue weighted by Gasteiger charge is -2.27. The number of imidazole rings is 1. The number of anilines is 1. The molecule has 3 aromatic heterocycles. The molecule has 2 unspecified atom stereocenters. The number of hydrogen-bond donors (Lipinski definition) is 8. The SMILES string of the molecule is CC(C)[C@H](N)C(=O)N[C@@H](C)C(=O)NCc1ccccc1C(=O)Nc1nc2c(ncn2[C@@H]2O[C@@H]3COP(O)(=S)O[C@H]4C[C@H](Oc5ccncn5)C[C@@H]4COP(=O)(S)O[C@@H]2[C@@H]3O)c(=O)[nH]1. The summed E-state index contributed by atoms with van der Waals surface area (Å²) in [5, 5.41) is 19.3. The molecule has 7 rings (SSSR count). The molecule has 3 fully saturated rings. The molecule has 5 heterocycles. The van der Waals surface area contributed by atoms with Crippen LogP contribution in [0.2, 0.25) is 0 Å². The van der Waals surface area contributed by atoms with Gasteiger partial charge in [-0.3, -0.25) is 38.6 Å². The van der Waals surface area contributed by atoms with Gasteiger partial charge in [-0.15, -0.1) is 0 Å². The molecule has 1 saturated carbocycles. The van der Waals surface area contributed by atoms with Gasteiger partial charge in [0.15, 0.2) is 17.4 Å². The van der Waals surface area contributed by atoms with Crippen molar-refractivity contribution in [2.75, 3.05) is 18.5 Å². The molecule has 3 aliphatic rings. The summed E-state index contributed by atoms with van der Waals surface area (Å²) >= 11 is 9.55. The van der Waals surface area contributed by atoms with Gasteiger partial charge in [0.2, 0.25) is 23.6 Å². The lowest BCUT2D eigenvalue weighted by Crippen LogP contribution is -2.51. The average molecular weight is 953 g/mol. The first-order chi connectivity index (χ1) is 29.9. The number of carbonyl (C=O) groups excluding carboxylic acids is 3. The molecule has 0 spiro atoms. The zero-order valence-electron chi connectivity index (χ0n) is 33.9. The van der Waals surface area contributed by atoms with Gasteiger partial charge in [0, 0.05) is 36.7 Å². The van der Waals surface area contributed by atoms with Crippen molar-refractivity contribution < 1.29 is 56.5 Å². The fourth-order valence-corrected chi connectivity index (χ4v) is 10.2. The summed E-state index contributed by atoms with van der Waals surface area (Å²) in [5.41, 5.74) is 5.29. The third-order valence-corrected chi connectivity index (χ3v) is 13.7. The second kappa shape index (κ2) is 19.5. The van der Waals surface area contributed by atoms with Crippen LogP contribution < -0.4 is 32.0 Å². The van der Waals surface area contributed by atoms with Gasteiger partial charge in [-0.05, 0) is 42.7 Å². The molecular weight excluding hydrogens is 907 g/mol. The first-order valence-electron chi connectivity index (χ1n) is 19.7. The van der Waals surface area contributed by atoms with Gasteiger partial charge < -0.3 is 49.4 Å². The molecule has 8 N–H and O–H groups in total. The van der Waals surface area contributed by atoms with E-state index in [0.29, 0.717) is 17.9 Å². The number of rotatable bonds is 11. The van der Waals surface area contributed by atoms with E-state index in [1.807, 2.05) is 0 Å². The first-order valence-corrected chi connectivity index (χ1v) is 24.9. The number of aromatic amines is 1. The lowest BCUT2D eigenvalue weighted by atomic mass is 10.0. The van der Waals surface area contributed by atoms with Crippen molar-refractivity contribution in [2.45, 2.75) is 89.0 Å². The Labute approximate surface area is 369 Å². The van der Waals surface area contributed by atoms with Gasteiger partial charge in [0.1, 0.15) is 36.8 Å². The minimum absolute atomic E-state index is 0.0990. The maximum atomic E-state index is 13.8. The van der Waals surface area contributed by atoms with Crippen molar-refractivity contribution >= 4 is 72.4 Å². The lowest BCUT2D eigenvalue weighted by molar-refractivity contribution is -0.129. The second-order valence-electron chi connectivity index (χ2n) is 15.4. The largest absolute Gasteiger partial charge is 0.474 e. The first kappa shape index (κ1) is 46.8. The zero-order valence-corrected chi connectivity index (χ0v) is 37.4. The molecular formula is C36H46N10O13P2S2. The minimum atomic E-state index is -4.32. The number of benzene rings is 1. The summed E-state index contributed by atoms with van der Waals surface area (Å²) in [6.45, 7) is -4.12. The molecule has 27 heteroatoms. The summed E-state index contributed by atoms with van der Waals surface area (Å²) in [6, 6.07) is 6.22. The van der Waals surface area contributed by atoms with E-state index in [0.717, 1.165) is 0 Å². The van der Waals surface area contributed by atoms with Crippen molar-refractivity contribution in [1.82, 2.24) is 40.1 Å². The maximum absolute atomic E-state index is 13.8. The summed E-state index contributed by atoms with van der Waals surface area (Å²) in [4.78, 5) is 82.3. The number of aliphatic hydroxyl groups excluding tert-OH is 1. The number of H-pyrrole nitrogens is 1. The monoisotopic (exact) mass is 952 g/mol. The number of thiol groups is 1. The summed E-state index contributed by atoms with van der Waals surface area (Å²) < 4.78 is 50.3. The van der Waals surface area contributed by atoms with E-state index < -0.39 is 98.2 Å². The highest BCUT2D eigenvalue weighted by Crippen LogP contribution is 2.58. The second-order valence-corrected chi connectivity index (χ2v) is 21.1. The van der Waals surface area contributed by atoms with Crippen molar-refractivity contribution in [3.05, 3.63) is 70.7 Å². The quantitative estimate of drug-likeness (QED) is 0.0779. The molecule has 1 aromatic carbocycles. The molecule has 3 amide bonds. The van der Waals surface area contributed by atoms with E-state index in [4.69, 9.17) is 45.1 Å². The highest BCUT2D eigenvalue weighted by atomic mass is 32.7. The smallest absolute Gasteiger partial charge is 0.386 e. The number of aromatic nitrogens is 6.